The van der Waals surface area contributed by atoms with Gasteiger partial charge < -0.3 is 5.32 Å². The van der Waals surface area contributed by atoms with Crippen LogP contribution in [0.5, 0.6) is 0 Å². The lowest BCUT2D eigenvalue weighted by molar-refractivity contribution is 0.509. The minimum absolute atomic E-state index is 0.200. The molecule has 0 bridgehead atoms. The largest absolute Gasteiger partial charge is 0.310 e. The summed E-state index contributed by atoms with van der Waals surface area (Å²) in [5, 5.41) is 3.62. The molecular formula is C16H15BrClF2N. The molecule has 5 heteroatoms. The molecule has 0 amide bonds. The van der Waals surface area contributed by atoms with Crippen LogP contribution in [0, 0.1) is 11.6 Å². The molecule has 0 radical (unpaired) electrons. The van der Waals surface area contributed by atoms with Gasteiger partial charge in [0, 0.05) is 21.1 Å². The van der Waals surface area contributed by atoms with Crippen molar-refractivity contribution in [1.82, 2.24) is 5.32 Å². The van der Waals surface area contributed by atoms with Crippen molar-refractivity contribution in [1.29, 1.82) is 0 Å². The summed E-state index contributed by atoms with van der Waals surface area (Å²) >= 11 is 9.14. The molecule has 0 aromatic heterocycles. The Balaban J connectivity index is 2.30. The standard InChI is InChI=1S/C16H15BrClF2N/c1-2-21-16(13-6-4-11(18)8-15(13)20)7-10-3-5-12(19)9-14(10)17/h3-6,8-9,16,21H,2,7H2,1H3. The zero-order valence-corrected chi connectivity index (χ0v) is 13.8. The first-order valence-corrected chi connectivity index (χ1v) is 7.80. The number of halogens is 4. The van der Waals surface area contributed by atoms with E-state index < -0.39 is 0 Å². The van der Waals surface area contributed by atoms with Gasteiger partial charge in [0.05, 0.1) is 0 Å². The fourth-order valence-corrected chi connectivity index (χ4v) is 2.90. The second-order valence-electron chi connectivity index (χ2n) is 4.72. The Bertz CT molecular complexity index is 634. The average Bonchev–Trinajstić information content (AvgIpc) is 2.41. The van der Waals surface area contributed by atoms with E-state index in [0.717, 1.165) is 5.56 Å². The molecule has 21 heavy (non-hydrogen) atoms. The summed E-state index contributed by atoms with van der Waals surface area (Å²) < 4.78 is 27.9. The van der Waals surface area contributed by atoms with E-state index in [-0.39, 0.29) is 17.7 Å². The van der Waals surface area contributed by atoms with Crippen LogP contribution in [0.2, 0.25) is 5.02 Å². The lowest BCUT2D eigenvalue weighted by atomic mass is 9.98. The van der Waals surface area contributed by atoms with Crippen LogP contribution in [-0.2, 0) is 6.42 Å². The van der Waals surface area contributed by atoms with Gasteiger partial charge in [0.1, 0.15) is 11.6 Å². The van der Waals surface area contributed by atoms with Crippen molar-refractivity contribution in [3.8, 4) is 0 Å². The van der Waals surface area contributed by atoms with Gasteiger partial charge in [0.15, 0.2) is 0 Å². The molecule has 2 rings (SSSR count). The second-order valence-corrected chi connectivity index (χ2v) is 6.01. The molecule has 112 valence electrons. The maximum atomic E-state index is 14.1. The second kappa shape index (κ2) is 7.34. The molecule has 1 atom stereocenters. The number of likely N-dealkylation sites (N-methyl/N-ethyl adjacent to an activating group) is 1. The average molecular weight is 375 g/mol. The molecule has 0 aliphatic heterocycles. The van der Waals surface area contributed by atoms with Gasteiger partial charge in [0.2, 0.25) is 0 Å². The van der Waals surface area contributed by atoms with E-state index in [2.05, 4.69) is 21.2 Å². The SMILES string of the molecule is CCNC(Cc1ccc(F)cc1Br)c1ccc(Cl)cc1F. The molecular weight excluding hydrogens is 360 g/mol. The number of hydrogen-bond acceptors (Lipinski definition) is 1. The lowest BCUT2D eigenvalue weighted by Gasteiger charge is -2.20. The first-order chi connectivity index (χ1) is 10.0. The van der Waals surface area contributed by atoms with Crippen molar-refractivity contribution in [3.05, 3.63) is 68.7 Å². The van der Waals surface area contributed by atoms with Crippen molar-refractivity contribution >= 4 is 27.5 Å². The third-order valence-corrected chi connectivity index (χ3v) is 4.20. The van der Waals surface area contributed by atoms with Crippen LogP contribution >= 0.6 is 27.5 Å². The van der Waals surface area contributed by atoms with Gasteiger partial charge in [-0.15, -0.1) is 0 Å². The smallest absolute Gasteiger partial charge is 0.129 e. The fraction of sp³-hybridized carbons (Fsp3) is 0.250. The molecule has 0 saturated carbocycles. The van der Waals surface area contributed by atoms with Crippen LogP contribution in [0.1, 0.15) is 24.1 Å². The van der Waals surface area contributed by atoms with Crippen molar-refractivity contribution in [2.45, 2.75) is 19.4 Å². The predicted molar refractivity (Wildman–Crippen MR) is 85.6 cm³/mol. The quantitative estimate of drug-likeness (QED) is 0.751. The molecule has 0 heterocycles. The Morgan fingerprint density at radius 2 is 1.95 bits per heavy atom. The summed E-state index contributed by atoms with van der Waals surface area (Å²) in [7, 11) is 0. The molecule has 2 aromatic carbocycles. The van der Waals surface area contributed by atoms with E-state index in [1.165, 1.54) is 18.2 Å². The van der Waals surface area contributed by atoms with Crippen molar-refractivity contribution in [2.75, 3.05) is 6.54 Å². The minimum Gasteiger partial charge on any atom is -0.310 e. The van der Waals surface area contributed by atoms with Crippen molar-refractivity contribution < 1.29 is 8.78 Å². The van der Waals surface area contributed by atoms with Gasteiger partial charge in [-0.3, -0.25) is 0 Å². The van der Waals surface area contributed by atoms with E-state index >= 15 is 0 Å². The van der Waals surface area contributed by atoms with Crippen LogP contribution in [0.15, 0.2) is 40.9 Å². The Kier molecular flexibility index (Phi) is 5.73. The zero-order chi connectivity index (χ0) is 15.4. The van der Waals surface area contributed by atoms with Gasteiger partial charge in [-0.05, 0) is 42.8 Å². The first-order valence-electron chi connectivity index (χ1n) is 6.63. The molecule has 0 spiro atoms. The van der Waals surface area contributed by atoms with E-state index in [9.17, 15) is 8.78 Å². The van der Waals surface area contributed by atoms with Crippen LogP contribution in [0.4, 0.5) is 8.78 Å². The molecule has 0 aliphatic rings. The maximum Gasteiger partial charge on any atom is 0.129 e. The van der Waals surface area contributed by atoms with Gasteiger partial charge in [0.25, 0.3) is 0 Å². The number of hydrogen-bond donors (Lipinski definition) is 1. The normalized spacial score (nSPS) is 12.4. The zero-order valence-electron chi connectivity index (χ0n) is 11.5. The van der Waals surface area contributed by atoms with E-state index in [1.54, 1.807) is 18.2 Å². The van der Waals surface area contributed by atoms with E-state index in [4.69, 9.17) is 11.6 Å². The van der Waals surface area contributed by atoms with Gasteiger partial charge >= 0.3 is 0 Å². The minimum atomic E-state index is -0.341. The van der Waals surface area contributed by atoms with Gasteiger partial charge in [-0.2, -0.15) is 0 Å². The topological polar surface area (TPSA) is 12.0 Å². The van der Waals surface area contributed by atoms with Gasteiger partial charge in [-0.1, -0.05) is 46.6 Å². The van der Waals surface area contributed by atoms with Gasteiger partial charge in [-0.25, -0.2) is 8.78 Å². The van der Waals surface area contributed by atoms with Crippen molar-refractivity contribution in [3.63, 3.8) is 0 Å². The lowest BCUT2D eigenvalue weighted by Crippen LogP contribution is -2.24. The maximum absolute atomic E-state index is 14.1. The Hall–Kier alpha value is -0.970. The number of rotatable bonds is 5. The third-order valence-electron chi connectivity index (χ3n) is 3.23. The molecule has 1 nitrogen and oxygen atoms in total. The molecule has 0 fully saturated rings. The van der Waals surface area contributed by atoms with Crippen LogP contribution in [-0.4, -0.2) is 6.54 Å². The molecule has 0 saturated heterocycles. The summed E-state index contributed by atoms with van der Waals surface area (Å²) in [5.41, 5.74) is 1.47. The summed E-state index contributed by atoms with van der Waals surface area (Å²) in [6.07, 6.45) is 0.549. The summed E-state index contributed by atoms with van der Waals surface area (Å²) in [6.45, 7) is 2.66. The highest BCUT2D eigenvalue weighted by molar-refractivity contribution is 9.10. The molecule has 0 aliphatic carbocycles. The molecule has 1 unspecified atom stereocenters. The predicted octanol–water partition coefficient (Wildman–Crippen LogP) is 5.27. The monoisotopic (exact) mass is 373 g/mol. The summed E-state index contributed by atoms with van der Waals surface area (Å²) in [4.78, 5) is 0. The van der Waals surface area contributed by atoms with Crippen molar-refractivity contribution in [2.24, 2.45) is 0 Å². The number of benzene rings is 2. The fourth-order valence-electron chi connectivity index (χ4n) is 2.23. The Morgan fingerprint density at radius 1 is 1.19 bits per heavy atom. The van der Waals surface area contributed by atoms with Crippen LogP contribution in [0.3, 0.4) is 0 Å². The third kappa shape index (κ3) is 4.25. The summed E-state index contributed by atoms with van der Waals surface area (Å²) in [6, 6.07) is 8.98. The van der Waals surface area contributed by atoms with E-state index in [0.29, 0.717) is 28.0 Å². The first kappa shape index (κ1) is 16.4. The molecule has 1 N–H and O–H groups in total. The Morgan fingerprint density at radius 3 is 2.57 bits per heavy atom. The van der Waals surface area contributed by atoms with Crippen LogP contribution < -0.4 is 5.32 Å². The highest BCUT2D eigenvalue weighted by Gasteiger charge is 2.17. The van der Waals surface area contributed by atoms with E-state index in [1.807, 2.05) is 6.92 Å². The molecule has 2 aromatic rings. The highest BCUT2D eigenvalue weighted by atomic mass is 79.9. The Labute approximate surface area is 136 Å². The number of nitrogens with one attached hydrogen (secondary N) is 1. The summed E-state index contributed by atoms with van der Waals surface area (Å²) in [5.74, 6) is -0.644. The van der Waals surface area contributed by atoms with Crippen LogP contribution in [0.25, 0.3) is 0 Å². The highest BCUT2D eigenvalue weighted by Crippen LogP contribution is 2.27.